The smallest absolute Gasteiger partial charge is 0.258 e. The van der Waals surface area contributed by atoms with E-state index in [1.165, 1.54) is 12.1 Å². The van der Waals surface area contributed by atoms with Crippen molar-refractivity contribution in [1.82, 2.24) is 0 Å². The van der Waals surface area contributed by atoms with Crippen molar-refractivity contribution < 1.29 is 4.92 Å². The lowest BCUT2D eigenvalue weighted by molar-refractivity contribution is -0.383. The summed E-state index contributed by atoms with van der Waals surface area (Å²) in [7, 11) is 0. The number of nitro benzene ring substituents is 1. The number of diazo groups is 1. The molecule has 0 atom stereocenters. The summed E-state index contributed by atoms with van der Waals surface area (Å²) in [5.41, 5.74) is 0.518. The monoisotopic (exact) mass is 242 g/mol. The van der Waals surface area contributed by atoms with Gasteiger partial charge in [0.1, 0.15) is 0 Å². The third kappa shape index (κ3) is 1.81. The molecular weight excluding hydrogens is 238 g/mol. The summed E-state index contributed by atoms with van der Waals surface area (Å²) in [6.45, 7) is 1.75. The van der Waals surface area contributed by atoms with Crippen molar-refractivity contribution in [2.45, 2.75) is 6.92 Å². The van der Waals surface area contributed by atoms with Crippen LogP contribution in [0.15, 0.2) is 16.6 Å². The second-order valence-corrected chi connectivity index (χ2v) is 3.30. The molecule has 0 heterocycles. The van der Waals surface area contributed by atoms with Crippen molar-refractivity contribution in [3.63, 3.8) is 0 Å². The Bertz CT molecular complexity index is 411. The zero-order valence-electron chi connectivity index (χ0n) is 6.69. The summed E-state index contributed by atoms with van der Waals surface area (Å²) in [6.07, 6.45) is 0. The molecule has 0 spiro atoms. The highest BCUT2D eigenvalue weighted by atomic mass is 79.9. The van der Waals surface area contributed by atoms with E-state index in [0.29, 0.717) is 4.47 Å². The number of benzene rings is 1. The lowest BCUT2D eigenvalue weighted by Gasteiger charge is -1.93. The molecule has 0 aliphatic rings. The fourth-order valence-corrected chi connectivity index (χ4v) is 1.21. The third-order valence-electron chi connectivity index (χ3n) is 1.56. The normalized spacial score (nSPS) is 9.31. The minimum atomic E-state index is -0.598. The summed E-state index contributed by atoms with van der Waals surface area (Å²) in [5, 5.41) is 18.9. The summed E-state index contributed by atoms with van der Waals surface area (Å²) >= 11 is 3.15. The molecule has 66 valence electrons. The highest BCUT2D eigenvalue weighted by Crippen LogP contribution is 2.32. The lowest BCUT2D eigenvalue weighted by atomic mass is 10.2. The third-order valence-corrected chi connectivity index (χ3v) is 2.41. The van der Waals surface area contributed by atoms with Gasteiger partial charge in [-0.15, -0.1) is 0 Å². The predicted molar refractivity (Wildman–Crippen MR) is 50.3 cm³/mol. The van der Waals surface area contributed by atoms with E-state index < -0.39 is 4.92 Å². The molecule has 1 rings (SSSR count). The van der Waals surface area contributed by atoms with Crippen LogP contribution in [0.3, 0.4) is 0 Å². The zero-order chi connectivity index (χ0) is 10.0. The van der Waals surface area contributed by atoms with Crippen LogP contribution in [-0.2, 0) is 0 Å². The minimum Gasteiger partial charge on any atom is -0.258 e. The van der Waals surface area contributed by atoms with Gasteiger partial charge in [0.25, 0.3) is 0 Å². The Morgan fingerprint density at radius 2 is 2.23 bits per heavy atom. The first-order valence-corrected chi connectivity index (χ1v) is 4.15. The molecule has 1 aromatic rings. The van der Waals surface area contributed by atoms with Gasteiger partial charge in [-0.3, -0.25) is 10.1 Å². The van der Waals surface area contributed by atoms with Gasteiger partial charge in [0, 0.05) is 16.6 Å². The molecule has 0 N–H and O–H groups in total. The van der Waals surface area contributed by atoms with Crippen LogP contribution >= 0.6 is 15.9 Å². The maximum absolute atomic E-state index is 10.5. The number of hydrogen-bond donors (Lipinski definition) is 0. The van der Waals surface area contributed by atoms with Crippen LogP contribution in [0.25, 0.3) is 4.98 Å². The topological polar surface area (TPSA) is 71.3 Å². The molecule has 0 radical (unpaired) electrons. The van der Waals surface area contributed by atoms with E-state index in [2.05, 4.69) is 20.9 Å². The Morgan fingerprint density at radius 3 is 2.69 bits per heavy atom. The largest absolute Gasteiger partial charge is 0.461 e. The van der Waals surface area contributed by atoms with Crippen LogP contribution < -0.4 is 0 Å². The van der Waals surface area contributed by atoms with E-state index in [0.717, 1.165) is 5.56 Å². The maximum atomic E-state index is 10.5. The maximum Gasteiger partial charge on any atom is 0.461 e. The van der Waals surface area contributed by atoms with E-state index in [4.69, 9.17) is 5.39 Å². The summed E-state index contributed by atoms with van der Waals surface area (Å²) < 4.78 is 0.617. The van der Waals surface area contributed by atoms with Gasteiger partial charge in [-0.2, -0.15) is 0 Å². The van der Waals surface area contributed by atoms with Gasteiger partial charge in [-0.1, -0.05) is 15.9 Å². The Morgan fingerprint density at radius 1 is 1.62 bits per heavy atom. The molecule has 0 aromatic heterocycles. The highest BCUT2D eigenvalue weighted by Gasteiger charge is 2.25. The Balaban J connectivity index is 3.44. The molecule has 5 nitrogen and oxygen atoms in total. The SMILES string of the molecule is Cc1cc([N+]#N)c([N+](=O)[O-])cc1Br. The summed E-state index contributed by atoms with van der Waals surface area (Å²) in [5.74, 6) is 0. The zero-order valence-corrected chi connectivity index (χ0v) is 8.28. The molecule has 0 aliphatic heterocycles. The van der Waals surface area contributed by atoms with Crippen molar-refractivity contribution >= 4 is 27.3 Å². The van der Waals surface area contributed by atoms with Crippen LogP contribution in [0.5, 0.6) is 0 Å². The molecule has 0 unspecified atom stereocenters. The van der Waals surface area contributed by atoms with E-state index in [-0.39, 0.29) is 11.4 Å². The highest BCUT2D eigenvalue weighted by molar-refractivity contribution is 9.10. The van der Waals surface area contributed by atoms with Crippen LogP contribution in [-0.4, -0.2) is 4.92 Å². The average molecular weight is 243 g/mol. The number of hydrogen-bond acceptors (Lipinski definition) is 3. The standard InChI is InChI=1S/C7H5BrN3O2/c1-4-2-6(10-9)7(11(12)13)3-5(4)8/h2-3H,1H3/q+1. The van der Waals surface area contributed by atoms with Crippen molar-refractivity contribution in [3.8, 4) is 0 Å². The lowest BCUT2D eigenvalue weighted by Crippen LogP contribution is -1.89. The predicted octanol–water partition coefficient (Wildman–Crippen LogP) is 3.15. The van der Waals surface area contributed by atoms with Gasteiger partial charge in [0.15, 0.2) is 4.98 Å². The first kappa shape index (κ1) is 9.61. The van der Waals surface area contributed by atoms with Crippen molar-refractivity contribution in [2.75, 3.05) is 0 Å². The number of nitro groups is 1. The van der Waals surface area contributed by atoms with E-state index in [1.54, 1.807) is 6.92 Å². The Hall–Kier alpha value is -1.48. The molecule has 0 aliphatic carbocycles. The molecule has 1 aromatic carbocycles. The van der Waals surface area contributed by atoms with Crippen LogP contribution in [0.4, 0.5) is 11.4 Å². The molecule has 0 bridgehead atoms. The molecule has 13 heavy (non-hydrogen) atoms. The average Bonchev–Trinajstić information content (AvgIpc) is 2.08. The van der Waals surface area contributed by atoms with E-state index in [1.807, 2.05) is 0 Å². The van der Waals surface area contributed by atoms with Crippen molar-refractivity contribution in [1.29, 1.82) is 5.39 Å². The molecule has 0 fully saturated rings. The molecule has 0 amide bonds. The van der Waals surface area contributed by atoms with Crippen LogP contribution in [0.1, 0.15) is 5.56 Å². The first-order valence-electron chi connectivity index (χ1n) is 3.36. The molecule has 0 saturated carbocycles. The number of aryl methyl sites for hydroxylation is 1. The number of rotatable bonds is 1. The van der Waals surface area contributed by atoms with Crippen molar-refractivity contribution in [3.05, 3.63) is 37.3 Å². The minimum absolute atomic E-state index is 0.0364. The molecular formula is C7H5BrN3O2+. The van der Waals surface area contributed by atoms with Crippen molar-refractivity contribution in [2.24, 2.45) is 0 Å². The second-order valence-electron chi connectivity index (χ2n) is 2.45. The fourth-order valence-electron chi connectivity index (χ4n) is 0.882. The van der Waals surface area contributed by atoms with Gasteiger partial charge in [-0.25, -0.2) is 0 Å². The summed E-state index contributed by atoms with van der Waals surface area (Å²) in [4.78, 5) is 12.7. The molecule has 0 saturated heterocycles. The summed E-state index contributed by atoms with van der Waals surface area (Å²) in [6, 6.07) is 2.74. The molecule has 6 heteroatoms. The van der Waals surface area contributed by atoms with Gasteiger partial charge in [-0.05, 0) is 12.5 Å². The second kappa shape index (κ2) is 3.49. The van der Waals surface area contributed by atoms with Gasteiger partial charge >= 0.3 is 11.4 Å². The van der Waals surface area contributed by atoms with Crippen LogP contribution in [0, 0.1) is 22.4 Å². The first-order chi connectivity index (χ1) is 6.06. The van der Waals surface area contributed by atoms with Crippen LogP contribution in [0.2, 0.25) is 0 Å². The quantitative estimate of drug-likeness (QED) is 0.432. The van der Waals surface area contributed by atoms with Gasteiger partial charge in [0.2, 0.25) is 5.39 Å². The van der Waals surface area contributed by atoms with E-state index in [9.17, 15) is 10.1 Å². The fraction of sp³-hybridized carbons (Fsp3) is 0.143. The number of nitrogens with zero attached hydrogens (tertiary/aromatic N) is 3. The Labute approximate surface area is 82.3 Å². The van der Waals surface area contributed by atoms with Gasteiger partial charge in [0.05, 0.1) is 4.92 Å². The Kier molecular flexibility index (Phi) is 2.58. The number of halogens is 1. The van der Waals surface area contributed by atoms with E-state index >= 15 is 0 Å². The van der Waals surface area contributed by atoms with Gasteiger partial charge < -0.3 is 0 Å².